The molecule has 0 spiro atoms. The monoisotopic (exact) mass is 583 g/mol. The van der Waals surface area contributed by atoms with Crippen molar-refractivity contribution in [3.8, 4) is 33.9 Å². The third-order valence-corrected chi connectivity index (χ3v) is 8.57. The Balaban J connectivity index is 1.17. The van der Waals surface area contributed by atoms with E-state index in [0.717, 1.165) is 54.6 Å². The maximum Gasteiger partial charge on any atom is 0.226 e. The van der Waals surface area contributed by atoms with E-state index in [4.69, 9.17) is 21.0 Å². The Labute approximate surface area is 257 Å². The zero-order valence-corrected chi connectivity index (χ0v) is 24.1. The van der Waals surface area contributed by atoms with Gasteiger partial charge in [0.05, 0.1) is 0 Å². The smallest absolute Gasteiger partial charge is 0.226 e. The molecule has 2 heterocycles. The SMILES string of the molecule is Clc1nc(-c2ccc3cc(-c4ccc5ccccc5c4)ccc3c2)nc(-c2cc3ccccc3c3oc4ccccc4c23)n1. The van der Waals surface area contributed by atoms with Gasteiger partial charge in [-0.25, -0.2) is 4.98 Å². The van der Waals surface area contributed by atoms with Crippen molar-refractivity contribution in [1.82, 2.24) is 15.0 Å². The molecule has 0 saturated heterocycles. The van der Waals surface area contributed by atoms with Crippen LogP contribution in [0.2, 0.25) is 5.28 Å². The summed E-state index contributed by atoms with van der Waals surface area (Å²) in [4.78, 5) is 14.1. The van der Waals surface area contributed by atoms with Gasteiger partial charge in [-0.05, 0) is 80.0 Å². The van der Waals surface area contributed by atoms with Crippen LogP contribution in [0.4, 0.5) is 0 Å². The lowest BCUT2D eigenvalue weighted by Gasteiger charge is -2.10. The molecule has 0 aliphatic heterocycles. The van der Waals surface area contributed by atoms with Gasteiger partial charge in [-0.3, -0.25) is 0 Å². The summed E-state index contributed by atoms with van der Waals surface area (Å²) < 4.78 is 6.38. The fourth-order valence-electron chi connectivity index (χ4n) is 6.27. The lowest BCUT2D eigenvalue weighted by molar-refractivity contribution is 0.672. The minimum absolute atomic E-state index is 0.144. The highest BCUT2D eigenvalue weighted by molar-refractivity contribution is 6.28. The van der Waals surface area contributed by atoms with Gasteiger partial charge >= 0.3 is 0 Å². The van der Waals surface area contributed by atoms with Gasteiger partial charge in [-0.15, -0.1) is 0 Å². The zero-order valence-electron chi connectivity index (χ0n) is 23.3. The summed E-state index contributed by atoms with van der Waals surface area (Å²) in [5.74, 6) is 1.03. The van der Waals surface area contributed by atoms with Crippen LogP contribution in [-0.4, -0.2) is 15.0 Å². The molecule has 0 aliphatic carbocycles. The molecular formula is C39H22ClN3O. The number of aromatic nitrogens is 3. The molecule has 0 radical (unpaired) electrons. The summed E-state index contributed by atoms with van der Waals surface area (Å²) in [5.41, 5.74) is 5.72. The van der Waals surface area contributed by atoms with Crippen LogP contribution in [0.5, 0.6) is 0 Å². The quantitative estimate of drug-likeness (QED) is 0.207. The van der Waals surface area contributed by atoms with Crippen molar-refractivity contribution in [3.63, 3.8) is 0 Å². The molecule has 7 aromatic carbocycles. The highest BCUT2D eigenvalue weighted by atomic mass is 35.5. The standard InChI is InChI=1S/C39H22ClN3O/c40-39-42-37(30-18-17-27-20-26(15-16-28(27)21-30)25-14-13-23-7-1-2-8-24(23)19-25)41-38(43-39)33-22-29-9-3-4-10-31(29)36-35(33)32-11-5-6-12-34(32)44-36/h1-22H. The van der Waals surface area contributed by atoms with Crippen LogP contribution >= 0.6 is 11.6 Å². The average Bonchev–Trinajstić information content (AvgIpc) is 3.47. The van der Waals surface area contributed by atoms with Crippen molar-refractivity contribution >= 4 is 65.9 Å². The first-order chi connectivity index (χ1) is 21.7. The number of benzene rings is 7. The third-order valence-electron chi connectivity index (χ3n) is 8.40. The second-order valence-electron chi connectivity index (χ2n) is 11.0. The maximum absolute atomic E-state index is 6.57. The number of para-hydroxylation sites is 1. The fraction of sp³-hybridized carbons (Fsp3) is 0. The van der Waals surface area contributed by atoms with Crippen molar-refractivity contribution in [2.45, 2.75) is 0 Å². The van der Waals surface area contributed by atoms with Gasteiger partial charge < -0.3 is 4.42 Å². The lowest BCUT2D eigenvalue weighted by Crippen LogP contribution is -1.98. The van der Waals surface area contributed by atoms with Gasteiger partial charge in [0.25, 0.3) is 0 Å². The topological polar surface area (TPSA) is 51.8 Å². The average molecular weight is 584 g/mol. The zero-order chi connectivity index (χ0) is 29.2. The maximum atomic E-state index is 6.57. The molecule has 0 N–H and O–H groups in total. The van der Waals surface area contributed by atoms with Gasteiger partial charge in [0.15, 0.2) is 11.6 Å². The molecule has 5 heteroatoms. The number of hydrogen-bond donors (Lipinski definition) is 0. The molecular weight excluding hydrogens is 562 g/mol. The molecule has 0 aliphatic rings. The summed E-state index contributed by atoms with van der Waals surface area (Å²) in [6.45, 7) is 0. The van der Waals surface area contributed by atoms with Crippen molar-refractivity contribution in [3.05, 3.63) is 139 Å². The second kappa shape index (κ2) is 9.73. The van der Waals surface area contributed by atoms with E-state index in [1.807, 2.05) is 36.4 Å². The van der Waals surface area contributed by atoms with E-state index in [-0.39, 0.29) is 5.28 Å². The van der Waals surface area contributed by atoms with Crippen molar-refractivity contribution in [2.24, 2.45) is 0 Å². The highest BCUT2D eigenvalue weighted by Gasteiger charge is 2.19. The molecule has 0 atom stereocenters. The van der Waals surface area contributed by atoms with Crippen LogP contribution in [0.1, 0.15) is 0 Å². The number of nitrogens with zero attached hydrogens (tertiary/aromatic N) is 3. The Morgan fingerprint density at radius 2 is 1.02 bits per heavy atom. The first kappa shape index (κ1) is 25.0. The molecule has 206 valence electrons. The Kier molecular flexibility index (Phi) is 5.52. The van der Waals surface area contributed by atoms with E-state index in [2.05, 4.69) is 107 Å². The van der Waals surface area contributed by atoms with Gasteiger partial charge in [0.1, 0.15) is 11.2 Å². The summed E-state index contributed by atoms with van der Waals surface area (Å²) in [6.07, 6.45) is 0. The number of hydrogen-bond acceptors (Lipinski definition) is 4. The molecule has 0 bridgehead atoms. The minimum Gasteiger partial charge on any atom is -0.455 e. The molecule has 0 amide bonds. The first-order valence-electron chi connectivity index (χ1n) is 14.5. The minimum atomic E-state index is 0.144. The van der Waals surface area contributed by atoms with E-state index >= 15 is 0 Å². The predicted octanol–water partition coefficient (Wildman–Crippen LogP) is 10.9. The summed E-state index contributed by atoms with van der Waals surface area (Å²) in [5, 5.41) is 8.91. The van der Waals surface area contributed by atoms with Gasteiger partial charge in [0, 0.05) is 27.3 Å². The number of halogens is 1. The summed E-state index contributed by atoms with van der Waals surface area (Å²) in [7, 11) is 0. The van der Waals surface area contributed by atoms with Crippen LogP contribution in [-0.2, 0) is 0 Å². The number of furan rings is 1. The van der Waals surface area contributed by atoms with Gasteiger partial charge in [-0.1, -0.05) is 103 Å². The normalized spacial score (nSPS) is 11.8. The van der Waals surface area contributed by atoms with Gasteiger partial charge in [0.2, 0.25) is 5.28 Å². The van der Waals surface area contributed by atoms with Crippen molar-refractivity contribution in [2.75, 3.05) is 0 Å². The molecule has 0 saturated carbocycles. The van der Waals surface area contributed by atoms with E-state index in [9.17, 15) is 0 Å². The molecule has 9 rings (SSSR count). The largest absolute Gasteiger partial charge is 0.455 e. The number of rotatable bonds is 3. The summed E-state index contributed by atoms with van der Waals surface area (Å²) in [6, 6.07) is 46.2. The fourth-order valence-corrected chi connectivity index (χ4v) is 6.43. The molecule has 2 aromatic heterocycles. The van der Waals surface area contributed by atoms with Crippen LogP contribution in [0.25, 0.3) is 88.2 Å². The lowest BCUT2D eigenvalue weighted by atomic mass is 9.98. The third kappa shape index (κ3) is 4.03. The van der Waals surface area contributed by atoms with E-state index in [0.29, 0.717) is 11.6 Å². The van der Waals surface area contributed by atoms with E-state index in [1.54, 1.807) is 0 Å². The molecule has 0 fully saturated rings. The predicted molar refractivity (Wildman–Crippen MR) is 181 cm³/mol. The van der Waals surface area contributed by atoms with Crippen LogP contribution in [0.3, 0.4) is 0 Å². The van der Waals surface area contributed by atoms with E-state index < -0.39 is 0 Å². The van der Waals surface area contributed by atoms with Crippen LogP contribution in [0, 0.1) is 0 Å². The van der Waals surface area contributed by atoms with Crippen molar-refractivity contribution in [1.29, 1.82) is 0 Å². The van der Waals surface area contributed by atoms with Crippen LogP contribution in [0.15, 0.2) is 138 Å². The van der Waals surface area contributed by atoms with Gasteiger partial charge in [-0.2, -0.15) is 9.97 Å². The summed E-state index contributed by atoms with van der Waals surface area (Å²) >= 11 is 6.57. The van der Waals surface area contributed by atoms with Crippen molar-refractivity contribution < 1.29 is 4.42 Å². The first-order valence-corrected chi connectivity index (χ1v) is 14.8. The Morgan fingerprint density at radius 1 is 0.455 bits per heavy atom. The molecule has 4 nitrogen and oxygen atoms in total. The molecule has 44 heavy (non-hydrogen) atoms. The Bertz CT molecular complexity index is 2590. The Morgan fingerprint density at radius 3 is 1.82 bits per heavy atom. The molecule has 0 unspecified atom stereocenters. The Hall–Kier alpha value is -5.58. The molecule has 9 aromatic rings. The number of fused-ring (bicyclic) bond motifs is 7. The highest BCUT2D eigenvalue weighted by Crippen LogP contribution is 2.40. The second-order valence-corrected chi connectivity index (χ2v) is 11.4. The van der Waals surface area contributed by atoms with E-state index in [1.165, 1.54) is 21.9 Å². The van der Waals surface area contributed by atoms with Crippen LogP contribution < -0.4 is 0 Å².